The van der Waals surface area contributed by atoms with E-state index in [-0.39, 0.29) is 11.7 Å². The number of aliphatic hydroxyl groups excluding tert-OH is 1. The predicted octanol–water partition coefficient (Wildman–Crippen LogP) is 2.54. The summed E-state index contributed by atoms with van der Waals surface area (Å²) in [6.45, 7) is 0.980. The zero-order valence-electron chi connectivity index (χ0n) is 11.6. The van der Waals surface area contributed by atoms with Crippen molar-refractivity contribution >= 4 is 0 Å². The molecule has 3 rings (SSSR count). The fourth-order valence-electron chi connectivity index (χ4n) is 2.78. The molecule has 0 spiro atoms. The second-order valence-corrected chi connectivity index (χ2v) is 5.30. The normalized spacial score (nSPS) is 16.1. The topological polar surface area (TPSA) is 55.5 Å². The van der Waals surface area contributed by atoms with Gasteiger partial charge in [0, 0.05) is 18.9 Å². The van der Waals surface area contributed by atoms with Crippen molar-refractivity contribution in [3.8, 4) is 5.75 Å². The number of hydrogen-bond acceptors (Lipinski definition) is 3. The van der Waals surface area contributed by atoms with Crippen LogP contribution in [0.2, 0.25) is 0 Å². The monoisotopic (exact) mass is 287 g/mol. The van der Waals surface area contributed by atoms with Crippen LogP contribution in [0.15, 0.2) is 42.5 Å². The van der Waals surface area contributed by atoms with E-state index >= 15 is 0 Å². The number of nitrogens with two attached hydrogens (primary N) is 1. The molecule has 2 atom stereocenters. The fourth-order valence-corrected chi connectivity index (χ4v) is 2.78. The van der Waals surface area contributed by atoms with Crippen LogP contribution < -0.4 is 10.5 Å². The molecule has 110 valence electrons. The van der Waals surface area contributed by atoms with Crippen molar-refractivity contribution in [1.82, 2.24) is 0 Å². The lowest BCUT2D eigenvalue weighted by molar-refractivity contribution is 0.147. The number of halogens is 1. The van der Waals surface area contributed by atoms with Crippen LogP contribution in [-0.2, 0) is 6.42 Å². The van der Waals surface area contributed by atoms with Gasteiger partial charge in [0.05, 0.1) is 12.7 Å². The van der Waals surface area contributed by atoms with E-state index in [4.69, 9.17) is 10.5 Å². The summed E-state index contributed by atoms with van der Waals surface area (Å²) in [5, 5.41) is 10.6. The van der Waals surface area contributed by atoms with E-state index < -0.39 is 6.10 Å². The number of hydrogen-bond donors (Lipinski definition) is 2. The van der Waals surface area contributed by atoms with Gasteiger partial charge in [-0.15, -0.1) is 0 Å². The lowest BCUT2D eigenvalue weighted by Crippen LogP contribution is -2.20. The van der Waals surface area contributed by atoms with Crippen LogP contribution in [0.4, 0.5) is 4.39 Å². The molecule has 0 radical (unpaired) electrons. The van der Waals surface area contributed by atoms with E-state index in [0.29, 0.717) is 13.2 Å². The lowest BCUT2D eigenvalue weighted by Gasteiger charge is -2.22. The molecular weight excluding hydrogens is 269 g/mol. The highest BCUT2D eigenvalue weighted by molar-refractivity contribution is 5.41. The van der Waals surface area contributed by atoms with Crippen molar-refractivity contribution in [2.75, 3.05) is 13.2 Å². The molecule has 0 amide bonds. The van der Waals surface area contributed by atoms with Gasteiger partial charge in [-0.05, 0) is 41.0 Å². The lowest BCUT2D eigenvalue weighted by atomic mass is 9.88. The molecule has 0 saturated heterocycles. The third kappa shape index (κ3) is 2.77. The van der Waals surface area contributed by atoms with Crippen LogP contribution in [0.1, 0.15) is 28.7 Å². The first-order valence-corrected chi connectivity index (χ1v) is 7.08. The Morgan fingerprint density at radius 3 is 2.57 bits per heavy atom. The van der Waals surface area contributed by atoms with Gasteiger partial charge in [-0.2, -0.15) is 0 Å². The van der Waals surface area contributed by atoms with E-state index in [1.807, 2.05) is 18.2 Å². The second-order valence-electron chi connectivity index (χ2n) is 5.30. The van der Waals surface area contributed by atoms with E-state index in [1.165, 1.54) is 12.1 Å². The summed E-state index contributed by atoms with van der Waals surface area (Å²) < 4.78 is 18.5. The standard InChI is InChI=1S/C17H18FNO2/c18-14-4-1-11(2-5-14)15(10-19)17(20)13-3-6-16-12(9-13)7-8-21-16/h1-6,9,15,17,20H,7-8,10,19H2. The third-order valence-corrected chi connectivity index (χ3v) is 3.99. The summed E-state index contributed by atoms with van der Waals surface area (Å²) in [5.74, 6) is 0.335. The minimum absolute atomic E-state index is 0.258. The Bertz CT molecular complexity index is 627. The number of aliphatic hydroxyl groups is 1. The van der Waals surface area contributed by atoms with Crippen LogP contribution in [0, 0.1) is 5.82 Å². The molecule has 2 unspecified atom stereocenters. The Kier molecular flexibility index (Phi) is 3.90. The van der Waals surface area contributed by atoms with Gasteiger partial charge in [0.25, 0.3) is 0 Å². The number of rotatable bonds is 4. The van der Waals surface area contributed by atoms with Crippen LogP contribution in [0.25, 0.3) is 0 Å². The molecule has 21 heavy (non-hydrogen) atoms. The van der Waals surface area contributed by atoms with Crippen LogP contribution >= 0.6 is 0 Å². The van der Waals surface area contributed by atoms with E-state index in [0.717, 1.165) is 28.9 Å². The van der Waals surface area contributed by atoms with E-state index in [2.05, 4.69) is 0 Å². The summed E-state index contributed by atoms with van der Waals surface area (Å²) >= 11 is 0. The number of ether oxygens (including phenoxy) is 1. The van der Waals surface area contributed by atoms with E-state index in [1.54, 1.807) is 12.1 Å². The molecule has 0 saturated carbocycles. The van der Waals surface area contributed by atoms with Crippen molar-refractivity contribution in [3.63, 3.8) is 0 Å². The SMILES string of the molecule is NCC(c1ccc(F)cc1)C(O)c1ccc2c(c1)CCO2. The average molecular weight is 287 g/mol. The highest BCUT2D eigenvalue weighted by Gasteiger charge is 2.23. The number of fused-ring (bicyclic) bond motifs is 1. The zero-order chi connectivity index (χ0) is 14.8. The minimum atomic E-state index is -0.716. The Morgan fingerprint density at radius 2 is 1.86 bits per heavy atom. The maximum atomic E-state index is 13.0. The van der Waals surface area contributed by atoms with Crippen molar-refractivity contribution in [1.29, 1.82) is 0 Å². The van der Waals surface area contributed by atoms with Gasteiger partial charge >= 0.3 is 0 Å². The summed E-state index contributed by atoms with van der Waals surface area (Å²) in [4.78, 5) is 0. The van der Waals surface area contributed by atoms with Crippen LogP contribution in [-0.4, -0.2) is 18.3 Å². The number of benzene rings is 2. The molecular formula is C17H18FNO2. The quantitative estimate of drug-likeness (QED) is 0.908. The largest absolute Gasteiger partial charge is 0.493 e. The molecule has 3 N–H and O–H groups in total. The van der Waals surface area contributed by atoms with Crippen LogP contribution in [0.5, 0.6) is 5.75 Å². The molecule has 4 heteroatoms. The average Bonchev–Trinajstić information content (AvgIpc) is 2.97. The van der Waals surface area contributed by atoms with Crippen molar-refractivity contribution < 1.29 is 14.2 Å². The molecule has 2 aromatic rings. The highest BCUT2D eigenvalue weighted by atomic mass is 19.1. The molecule has 0 bridgehead atoms. The Balaban J connectivity index is 1.88. The minimum Gasteiger partial charge on any atom is -0.493 e. The fraction of sp³-hybridized carbons (Fsp3) is 0.294. The zero-order valence-corrected chi connectivity index (χ0v) is 11.6. The van der Waals surface area contributed by atoms with Gasteiger partial charge in [0.2, 0.25) is 0 Å². The summed E-state index contributed by atoms with van der Waals surface area (Å²) in [6, 6.07) is 11.8. The predicted molar refractivity (Wildman–Crippen MR) is 78.8 cm³/mol. The molecule has 0 fully saturated rings. The maximum Gasteiger partial charge on any atom is 0.123 e. The third-order valence-electron chi connectivity index (χ3n) is 3.99. The first kappa shape index (κ1) is 14.0. The van der Waals surface area contributed by atoms with Gasteiger partial charge in [0.1, 0.15) is 11.6 Å². The van der Waals surface area contributed by atoms with Crippen molar-refractivity contribution in [3.05, 3.63) is 65.0 Å². The molecule has 2 aromatic carbocycles. The summed E-state index contributed by atoms with van der Waals surface area (Å²) in [6.07, 6.45) is 0.145. The van der Waals surface area contributed by atoms with Gasteiger partial charge in [-0.25, -0.2) is 4.39 Å². The highest BCUT2D eigenvalue weighted by Crippen LogP contribution is 2.34. The second kappa shape index (κ2) is 5.84. The summed E-state index contributed by atoms with van der Waals surface area (Å²) in [5.41, 5.74) is 8.58. The first-order valence-electron chi connectivity index (χ1n) is 7.08. The first-order chi connectivity index (χ1) is 10.2. The van der Waals surface area contributed by atoms with Crippen molar-refractivity contribution in [2.24, 2.45) is 5.73 Å². The van der Waals surface area contributed by atoms with Crippen LogP contribution in [0.3, 0.4) is 0 Å². The van der Waals surface area contributed by atoms with E-state index in [9.17, 15) is 9.50 Å². The molecule has 1 aliphatic rings. The van der Waals surface area contributed by atoms with Gasteiger partial charge in [-0.1, -0.05) is 18.2 Å². The van der Waals surface area contributed by atoms with Crippen molar-refractivity contribution in [2.45, 2.75) is 18.4 Å². The van der Waals surface area contributed by atoms with Gasteiger partial charge in [0.15, 0.2) is 0 Å². The Morgan fingerprint density at radius 1 is 1.14 bits per heavy atom. The van der Waals surface area contributed by atoms with Gasteiger partial charge in [-0.3, -0.25) is 0 Å². The Hall–Kier alpha value is -1.91. The molecule has 0 aromatic heterocycles. The molecule has 1 heterocycles. The van der Waals surface area contributed by atoms with Gasteiger partial charge < -0.3 is 15.6 Å². The molecule has 1 aliphatic heterocycles. The molecule has 3 nitrogen and oxygen atoms in total. The molecule has 0 aliphatic carbocycles. The Labute approximate surface area is 123 Å². The smallest absolute Gasteiger partial charge is 0.123 e. The maximum absolute atomic E-state index is 13.0. The summed E-state index contributed by atoms with van der Waals surface area (Å²) in [7, 11) is 0.